The molecular weight excluding hydrogens is 438 g/mol. The predicted octanol–water partition coefficient (Wildman–Crippen LogP) is 5.08. The first kappa shape index (κ1) is 21.3. The summed E-state index contributed by atoms with van der Waals surface area (Å²) in [5.74, 6) is -4.45. The second-order valence-electron chi connectivity index (χ2n) is 7.96. The standard InChI is InChI=1S/C24H19F4N3O2/c25-15-1-3-16(4-2-15)31-9-7-30(8-10-31)13-18-21(32)6-5-17-23(29-33-24(17)18)14-11-19(26)22(28)20(27)12-14/h1-6,11-12,32H,7-10,13H2. The van der Waals surface area contributed by atoms with Crippen molar-refractivity contribution >= 4 is 16.7 Å². The van der Waals surface area contributed by atoms with Crippen LogP contribution in [-0.2, 0) is 6.54 Å². The maximum atomic E-state index is 13.7. The van der Waals surface area contributed by atoms with Gasteiger partial charge in [-0.2, -0.15) is 0 Å². The topological polar surface area (TPSA) is 52.7 Å². The van der Waals surface area contributed by atoms with Gasteiger partial charge in [-0.25, -0.2) is 17.6 Å². The Labute approximate surface area is 186 Å². The number of fused-ring (bicyclic) bond motifs is 1. The van der Waals surface area contributed by atoms with E-state index in [-0.39, 0.29) is 22.8 Å². The van der Waals surface area contributed by atoms with Gasteiger partial charge in [-0.05, 0) is 48.5 Å². The quantitative estimate of drug-likeness (QED) is 0.342. The highest BCUT2D eigenvalue weighted by atomic mass is 19.2. The summed E-state index contributed by atoms with van der Waals surface area (Å²) in [6, 6.07) is 11.1. The van der Waals surface area contributed by atoms with Gasteiger partial charge in [0.15, 0.2) is 23.0 Å². The molecule has 5 nitrogen and oxygen atoms in total. The lowest BCUT2D eigenvalue weighted by molar-refractivity contribution is 0.246. The minimum Gasteiger partial charge on any atom is -0.507 e. The summed E-state index contributed by atoms with van der Waals surface area (Å²) < 4.78 is 59.4. The molecule has 1 N–H and O–H groups in total. The third-order valence-corrected chi connectivity index (χ3v) is 5.92. The van der Waals surface area contributed by atoms with Crippen molar-refractivity contribution in [1.82, 2.24) is 10.1 Å². The molecule has 0 aliphatic carbocycles. The number of hydrogen-bond donors (Lipinski definition) is 1. The lowest BCUT2D eigenvalue weighted by Gasteiger charge is -2.36. The molecular formula is C24H19F4N3O2. The van der Waals surface area contributed by atoms with Crippen molar-refractivity contribution in [3.8, 4) is 17.0 Å². The van der Waals surface area contributed by atoms with Crippen molar-refractivity contribution in [2.45, 2.75) is 6.54 Å². The van der Waals surface area contributed by atoms with Gasteiger partial charge in [0.25, 0.3) is 0 Å². The molecule has 33 heavy (non-hydrogen) atoms. The molecule has 1 aromatic heterocycles. The zero-order chi connectivity index (χ0) is 23.1. The van der Waals surface area contributed by atoms with Gasteiger partial charge >= 0.3 is 0 Å². The van der Waals surface area contributed by atoms with E-state index in [2.05, 4.69) is 15.0 Å². The van der Waals surface area contributed by atoms with Crippen molar-refractivity contribution in [2.24, 2.45) is 0 Å². The summed E-state index contributed by atoms with van der Waals surface area (Å²) in [6.45, 7) is 3.21. The van der Waals surface area contributed by atoms with E-state index in [1.807, 2.05) is 0 Å². The van der Waals surface area contributed by atoms with Crippen molar-refractivity contribution in [1.29, 1.82) is 0 Å². The highest BCUT2D eigenvalue weighted by molar-refractivity contribution is 5.94. The molecule has 1 saturated heterocycles. The molecule has 0 amide bonds. The Kier molecular flexibility index (Phi) is 5.41. The largest absolute Gasteiger partial charge is 0.507 e. The molecule has 2 heterocycles. The fourth-order valence-corrected chi connectivity index (χ4v) is 4.14. The van der Waals surface area contributed by atoms with Crippen LogP contribution in [0.3, 0.4) is 0 Å². The molecule has 0 saturated carbocycles. The number of hydrogen-bond acceptors (Lipinski definition) is 5. The molecule has 1 fully saturated rings. The zero-order valence-corrected chi connectivity index (χ0v) is 17.4. The summed E-state index contributed by atoms with van der Waals surface area (Å²) in [7, 11) is 0. The van der Waals surface area contributed by atoms with Crippen LogP contribution in [0.15, 0.2) is 53.1 Å². The Morgan fingerprint density at radius 2 is 1.55 bits per heavy atom. The summed E-state index contributed by atoms with van der Waals surface area (Å²) in [6.07, 6.45) is 0. The first-order valence-corrected chi connectivity index (χ1v) is 10.4. The smallest absolute Gasteiger partial charge is 0.194 e. The third-order valence-electron chi connectivity index (χ3n) is 5.92. The number of aromatic hydroxyl groups is 1. The molecule has 1 aliphatic rings. The van der Waals surface area contributed by atoms with Gasteiger partial charge in [0.05, 0.1) is 10.9 Å². The molecule has 5 rings (SSSR count). The monoisotopic (exact) mass is 457 g/mol. The van der Waals surface area contributed by atoms with E-state index in [0.717, 1.165) is 30.9 Å². The SMILES string of the molecule is Oc1ccc2c(-c3cc(F)c(F)c(F)c3)noc2c1CN1CCN(c2ccc(F)cc2)CC1. The van der Waals surface area contributed by atoms with Gasteiger partial charge in [-0.15, -0.1) is 0 Å². The summed E-state index contributed by atoms with van der Waals surface area (Å²) in [5.41, 5.74) is 1.94. The second-order valence-corrected chi connectivity index (χ2v) is 7.96. The van der Waals surface area contributed by atoms with Crippen LogP contribution in [0.4, 0.5) is 23.2 Å². The Balaban J connectivity index is 1.38. The van der Waals surface area contributed by atoms with Gasteiger partial charge in [0.2, 0.25) is 0 Å². The third kappa shape index (κ3) is 4.00. The van der Waals surface area contributed by atoms with Crippen LogP contribution in [0.25, 0.3) is 22.2 Å². The van der Waals surface area contributed by atoms with Crippen LogP contribution in [0.2, 0.25) is 0 Å². The minimum absolute atomic E-state index is 0.0163. The second kappa shape index (κ2) is 8.40. The number of anilines is 1. The number of aromatic nitrogens is 1. The van der Waals surface area contributed by atoms with Gasteiger partial charge in [-0.3, -0.25) is 4.90 Å². The molecule has 0 radical (unpaired) electrons. The number of halogens is 4. The first-order chi connectivity index (χ1) is 15.9. The van der Waals surface area contributed by atoms with E-state index in [1.54, 1.807) is 18.2 Å². The van der Waals surface area contributed by atoms with E-state index in [1.165, 1.54) is 18.2 Å². The molecule has 3 aromatic carbocycles. The van der Waals surface area contributed by atoms with Crippen LogP contribution in [0.1, 0.15) is 5.56 Å². The van der Waals surface area contributed by atoms with Crippen LogP contribution < -0.4 is 4.90 Å². The molecule has 4 aromatic rings. The van der Waals surface area contributed by atoms with Gasteiger partial charge in [0, 0.05) is 44.0 Å². The highest BCUT2D eigenvalue weighted by Crippen LogP contribution is 2.35. The van der Waals surface area contributed by atoms with Crippen LogP contribution in [0.5, 0.6) is 5.75 Å². The Hall–Kier alpha value is -3.59. The van der Waals surface area contributed by atoms with E-state index in [9.17, 15) is 22.7 Å². The van der Waals surface area contributed by atoms with Crippen molar-refractivity contribution in [3.05, 3.63) is 77.4 Å². The maximum absolute atomic E-state index is 13.7. The highest BCUT2D eigenvalue weighted by Gasteiger charge is 2.23. The molecule has 1 aliphatic heterocycles. The number of nitrogens with zero attached hydrogens (tertiary/aromatic N) is 3. The zero-order valence-electron chi connectivity index (χ0n) is 17.4. The molecule has 0 spiro atoms. The average molecular weight is 457 g/mol. The number of benzene rings is 3. The Morgan fingerprint density at radius 3 is 2.21 bits per heavy atom. The number of phenolic OH excluding ortho intramolecular Hbond substituents is 1. The number of piperazine rings is 1. The fraction of sp³-hybridized carbons (Fsp3) is 0.208. The van der Waals surface area contributed by atoms with Crippen molar-refractivity contribution in [3.63, 3.8) is 0 Å². The molecule has 0 bridgehead atoms. The van der Waals surface area contributed by atoms with Crippen LogP contribution in [-0.4, -0.2) is 41.3 Å². The first-order valence-electron chi connectivity index (χ1n) is 10.4. The van der Waals surface area contributed by atoms with Gasteiger partial charge in [0.1, 0.15) is 17.3 Å². The van der Waals surface area contributed by atoms with E-state index >= 15 is 0 Å². The summed E-state index contributed by atoms with van der Waals surface area (Å²) >= 11 is 0. The van der Waals surface area contributed by atoms with Crippen LogP contribution >= 0.6 is 0 Å². The Morgan fingerprint density at radius 1 is 0.879 bits per heavy atom. The lowest BCUT2D eigenvalue weighted by Crippen LogP contribution is -2.46. The van der Waals surface area contributed by atoms with Crippen molar-refractivity contribution < 1.29 is 27.2 Å². The fourth-order valence-electron chi connectivity index (χ4n) is 4.14. The summed E-state index contributed by atoms with van der Waals surface area (Å²) in [5, 5.41) is 14.9. The van der Waals surface area contributed by atoms with Crippen LogP contribution in [0, 0.1) is 23.3 Å². The summed E-state index contributed by atoms with van der Waals surface area (Å²) in [4.78, 5) is 4.29. The van der Waals surface area contributed by atoms with E-state index < -0.39 is 17.5 Å². The molecule has 0 atom stereocenters. The molecule has 0 unspecified atom stereocenters. The lowest BCUT2D eigenvalue weighted by atomic mass is 10.0. The van der Waals surface area contributed by atoms with Gasteiger partial charge < -0.3 is 14.5 Å². The molecule has 170 valence electrons. The normalized spacial score (nSPS) is 14.8. The van der Waals surface area contributed by atoms with E-state index in [0.29, 0.717) is 36.2 Å². The predicted molar refractivity (Wildman–Crippen MR) is 115 cm³/mol. The van der Waals surface area contributed by atoms with Crippen molar-refractivity contribution in [2.75, 3.05) is 31.1 Å². The van der Waals surface area contributed by atoms with Gasteiger partial charge in [-0.1, -0.05) is 5.16 Å². The molecule has 9 heteroatoms. The van der Waals surface area contributed by atoms with E-state index in [4.69, 9.17) is 4.52 Å². The maximum Gasteiger partial charge on any atom is 0.194 e. The Bertz CT molecular complexity index is 1290. The minimum atomic E-state index is -1.55. The number of phenols is 1. The number of rotatable bonds is 4. The average Bonchev–Trinajstić information content (AvgIpc) is 3.24.